The molecule has 1 atom stereocenters. The first-order valence-corrected chi connectivity index (χ1v) is 7.63. The number of methoxy groups -OCH3 is 1. The third kappa shape index (κ3) is 3.20. The highest BCUT2D eigenvalue weighted by atomic mass is 32.2. The summed E-state index contributed by atoms with van der Waals surface area (Å²) >= 11 is 0. The van der Waals surface area contributed by atoms with E-state index < -0.39 is 15.8 Å². The predicted molar refractivity (Wildman–Crippen MR) is 71.5 cm³/mol. The lowest BCUT2D eigenvalue weighted by molar-refractivity contribution is 0.186. The van der Waals surface area contributed by atoms with Crippen molar-refractivity contribution in [1.82, 2.24) is 4.72 Å². The summed E-state index contributed by atoms with van der Waals surface area (Å²) in [5.41, 5.74) is 5.51. The third-order valence-corrected chi connectivity index (χ3v) is 4.55. The van der Waals surface area contributed by atoms with Gasteiger partial charge in [-0.15, -0.1) is 0 Å². The molecule has 20 heavy (non-hydrogen) atoms. The Kier molecular flexibility index (Phi) is 4.46. The van der Waals surface area contributed by atoms with Gasteiger partial charge >= 0.3 is 0 Å². The van der Waals surface area contributed by atoms with Gasteiger partial charge in [0.2, 0.25) is 10.0 Å². The maximum Gasteiger partial charge on any atom is 0.240 e. The van der Waals surface area contributed by atoms with Crippen LogP contribution in [-0.4, -0.2) is 35.3 Å². The molecule has 0 aromatic heterocycles. The number of anilines is 1. The van der Waals surface area contributed by atoms with Crippen LogP contribution in [-0.2, 0) is 14.8 Å². The van der Waals surface area contributed by atoms with Crippen LogP contribution in [0.25, 0.3) is 0 Å². The number of ether oxygens (including phenoxy) is 2. The first-order chi connectivity index (χ1) is 9.44. The van der Waals surface area contributed by atoms with E-state index in [1.807, 2.05) is 0 Å². The Hall–Kier alpha value is -1.38. The van der Waals surface area contributed by atoms with Crippen LogP contribution in [0.15, 0.2) is 17.0 Å². The van der Waals surface area contributed by atoms with Gasteiger partial charge in [-0.2, -0.15) is 0 Å². The van der Waals surface area contributed by atoms with Crippen molar-refractivity contribution in [1.29, 1.82) is 0 Å². The molecular formula is C12H17FN2O4S. The van der Waals surface area contributed by atoms with Gasteiger partial charge in [0.1, 0.15) is 0 Å². The van der Waals surface area contributed by atoms with E-state index in [0.717, 1.165) is 12.5 Å². The molecule has 3 N–H and O–H groups in total. The zero-order valence-electron chi connectivity index (χ0n) is 11.1. The van der Waals surface area contributed by atoms with Gasteiger partial charge in [-0.25, -0.2) is 17.5 Å². The molecular weight excluding hydrogens is 287 g/mol. The van der Waals surface area contributed by atoms with Crippen LogP contribution in [0.2, 0.25) is 0 Å². The quantitative estimate of drug-likeness (QED) is 0.783. The van der Waals surface area contributed by atoms with Gasteiger partial charge in [-0.1, -0.05) is 0 Å². The average Bonchev–Trinajstić information content (AvgIpc) is 2.89. The lowest BCUT2D eigenvalue weighted by Gasteiger charge is -2.12. The van der Waals surface area contributed by atoms with E-state index in [-0.39, 0.29) is 28.8 Å². The van der Waals surface area contributed by atoms with Crippen molar-refractivity contribution >= 4 is 15.7 Å². The zero-order valence-corrected chi connectivity index (χ0v) is 11.9. The summed E-state index contributed by atoms with van der Waals surface area (Å²) in [5, 5.41) is 0. The van der Waals surface area contributed by atoms with Crippen molar-refractivity contribution in [2.45, 2.75) is 11.3 Å². The summed E-state index contributed by atoms with van der Waals surface area (Å²) in [4.78, 5) is -0.216. The first-order valence-electron chi connectivity index (χ1n) is 6.14. The van der Waals surface area contributed by atoms with Crippen LogP contribution in [0.3, 0.4) is 0 Å². The van der Waals surface area contributed by atoms with Crippen LogP contribution in [0.5, 0.6) is 5.75 Å². The molecule has 112 valence electrons. The van der Waals surface area contributed by atoms with Gasteiger partial charge in [0.15, 0.2) is 11.6 Å². The van der Waals surface area contributed by atoms with Crippen molar-refractivity contribution in [3.05, 3.63) is 17.9 Å². The van der Waals surface area contributed by atoms with Crippen LogP contribution >= 0.6 is 0 Å². The van der Waals surface area contributed by atoms with Crippen LogP contribution in [0, 0.1) is 11.7 Å². The van der Waals surface area contributed by atoms with Gasteiger partial charge in [0, 0.05) is 13.2 Å². The minimum atomic E-state index is -3.80. The van der Waals surface area contributed by atoms with Crippen molar-refractivity contribution in [3.8, 4) is 5.75 Å². The van der Waals surface area contributed by atoms with Crippen molar-refractivity contribution in [2.24, 2.45) is 5.92 Å². The van der Waals surface area contributed by atoms with Crippen LogP contribution in [0.1, 0.15) is 6.42 Å². The molecule has 0 saturated carbocycles. The van der Waals surface area contributed by atoms with Gasteiger partial charge in [0.25, 0.3) is 0 Å². The Balaban J connectivity index is 2.16. The zero-order chi connectivity index (χ0) is 14.8. The minimum absolute atomic E-state index is 0.0583. The van der Waals surface area contributed by atoms with E-state index in [0.29, 0.717) is 13.2 Å². The minimum Gasteiger partial charge on any atom is -0.492 e. The summed E-state index contributed by atoms with van der Waals surface area (Å²) in [6, 6.07) is 2.07. The van der Waals surface area contributed by atoms with E-state index in [2.05, 4.69) is 4.72 Å². The second kappa shape index (κ2) is 5.94. The highest BCUT2D eigenvalue weighted by molar-refractivity contribution is 7.89. The topological polar surface area (TPSA) is 90.7 Å². The molecule has 1 aromatic carbocycles. The molecule has 1 saturated heterocycles. The van der Waals surface area contributed by atoms with Crippen molar-refractivity contribution in [2.75, 3.05) is 32.6 Å². The van der Waals surface area contributed by atoms with Gasteiger partial charge in [-0.05, 0) is 24.5 Å². The second-order valence-corrected chi connectivity index (χ2v) is 6.38. The fraction of sp³-hybridized carbons (Fsp3) is 0.500. The standard InChI is InChI=1S/C12H17FN2O4S/c1-18-12-10(13)4-9(5-11(12)14)20(16,17)15-6-8-2-3-19-7-8/h4-5,8,15H,2-3,6-7,14H2,1H3. The number of halogens is 1. The lowest BCUT2D eigenvalue weighted by Crippen LogP contribution is -2.29. The number of nitrogen functional groups attached to an aromatic ring is 1. The molecule has 1 aliphatic heterocycles. The second-order valence-electron chi connectivity index (χ2n) is 4.61. The summed E-state index contributed by atoms with van der Waals surface area (Å²) in [7, 11) is -2.53. The number of rotatable bonds is 5. The highest BCUT2D eigenvalue weighted by Gasteiger charge is 2.22. The highest BCUT2D eigenvalue weighted by Crippen LogP contribution is 2.28. The Morgan fingerprint density at radius 2 is 2.30 bits per heavy atom. The Labute approximate surface area is 117 Å². The normalized spacial score (nSPS) is 19.2. The predicted octanol–water partition coefficient (Wildman–Crippen LogP) is 0.731. The lowest BCUT2D eigenvalue weighted by atomic mass is 10.1. The molecule has 0 bridgehead atoms. The number of nitrogens with two attached hydrogens (primary N) is 1. The molecule has 0 spiro atoms. The SMILES string of the molecule is COc1c(N)cc(S(=O)(=O)NCC2CCOC2)cc1F. The van der Waals surface area contributed by atoms with Crippen molar-refractivity contribution in [3.63, 3.8) is 0 Å². The number of hydrogen-bond donors (Lipinski definition) is 2. The summed E-state index contributed by atoms with van der Waals surface area (Å²) in [6.45, 7) is 1.42. The molecule has 0 aliphatic carbocycles. The maximum atomic E-state index is 13.7. The molecule has 1 fully saturated rings. The van der Waals surface area contributed by atoms with E-state index in [4.69, 9.17) is 15.2 Å². The Morgan fingerprint density at radius 1 is 1.55 bits per heavy atom. The molecule has 0 radical (unpaired) electrons. The van der Waals surface area contributed by atoms with E-state index in [9.17, 15) is 12.8 Å². The maximum absolute atomic E-state index is 13.7. The van der Waals surface area contributed by atoms with Gasteiger partial charge in [0.05, 0.1) is 24.3 Å². The molecule has 2 rings (SSSR count). The number of nitrogens with one attached hydrogen (secondary N) is 1. The molecule has 0 amide bonds. The summed E-state index contributed by atoms with van der Waals surface area (Å²) in [5.74, 6) is -0.824. The van der Waals surface area contributed by atoms with E-state index in [1.165, 1.54) is 13.2 Å². The fourth-order valence-corrected chi connectivity index (χ4v) is 3.18. The third-order valence-electron chi connectivity index (χ3n) is 3.15. The Bertz CT molecular complexity index is 562. The summed E-state index contributed by atoms with van der Waals surface area (Å²) < 4.78 is 50.2. The van der Waals surface area contributed by atoms with Crippen LogP contribution < -0.4 is 15.2 Å². The molecule has 6 nitrogen and oxygen atoms in total. The van der Waals surface area contributed by atoms with Gasteiger partial charge < -0.3 is 15.2 Å². The van der Waals surface area contributed by atoms with E-state index in [1.54, 1.807) is 0 Å². The number of sulfonamides is 1. The smallest absolute Gasteiger partial charge is 0.240 e. The number of hydrogen-bond acceptors (Lipinski definition) is 5. The Morgan fingerprint density at radius 3 is 2.85 bits per heavy atom. The molecule has 1 heterocycles. The molecule has 1 aromatic rings. The molecule has 1 unspecified atom stereocenters. The molecule has 8 heteroatoms. The van der Waals surface area contributed by atoms with Gasteiger partial charge in [-0.3, -0.25) is 0 Å². The molecule has 1 aliphatic rings. The largest absolute Gasteiger partial charge is 0.492 e. The first kappa shape index (κ1) is 15.0. The average molecular weight is 304 g/mol. The number of benzene rings is 1. The summed E-state index contributed by atoms with van der Waals surface area (Å²) in [6.07, 6.45) is 0.807. The van der Waals surface area contributed by atoms with Crippen LogP contribution in [0.4, 0.5) is 10.1 Å². The fourth-order valence-electron chi connectivity index (χ4n) is 2.01. The van der Waals surface area contributed by atoms with Crippen molar-refractivity contribution < 1.29 is 22.3 Å². The monoisotopic (exact) mass is 304 g/mol. The van der Waals surface area contributed by atoms with E-state index >= 15 is 0 Å².